The van der Waals surface area contributed by atoms with Gasteiger partial charge in [-0.15, -0.1) is 0 Å². The lowest BCUT2D eigenvalue weighted by Crippen LogP contribution is -2.10. The van der Waals surface area contributed by atoms with Crippen LogP contribution in [0.25, 0.3) is 0 Å². The van der Waals surface area contributed by atoms with Gasteiger partial charge in [0.15, 0.2) is 0 Å². The van der Waals surface area contributed by atoms with Crippen LogP contribution in [-0.2, 0) is 24.1 Å². The summed E-state index contributed by atoms with van der Waals surface area (Å²) in [6, 6.07) is 9.12. The first-order valence-electron chi connectivity index (χ1n) is 9.03. The Labute approximate surface area is 173 Å². The summed E-state index contributed by atoms with van der Waals surface area (Å²) >= 11 is 6.21. The maximum atomic E-state index is 12.1. The Hall–Kier alpha value is -3.19. The molecule has 8 heteroatoms. The van der Waals surface area contributed by atoms with Gasteiger partial charge in [-0.05, 0) is 29.7 Å². The summed E-state index contributed by atoms with van der Waals surface area (Å²) < 4.78 is 6.75. The standard InChI is InChI=1S/C21H22ClN3O4/c1-23-14-5-3-13(4-6-14)12-25-10-9-24-18(25)8-7-15-19(21(28)29-2)16(26)11-17(27)20(15)22/h3-6,9-11,23,26-27H,7-8,12H2,1-2H3. The Kier molecular flexibility index (Phi) is 6.29. The minimum atomic E-state index is -0.715. The summed E-state index contributed by atoms with van der Waals surface area (Å²) in [5.74, 6) is -0.591. The molecule has 0 fully saturated rings. The fourth-order valence-electron chi connectivity index (χ4n) is 3.17. The predicted octanol–water partition coefficient (Wildman–Crippen LogP) is 3.61. The number of aromatic hydroxyl groups is 2. The number of anilines is 1. The number of methoxy groups -OCH3 is 1. The highest BCUT2D eigenvalue weighted by Gasteiger charge is 2.23. The molecule has 2 aromatic carbocycles. The van der Waals surface area contributed by atoms with E-state index >= 15 is 0 Å². The molecule has 0 atom stereocenters. The number of phenolic OH excluding ortho intramolecular Hbond substituents is 2. The highest BCUT2D eigenvalue weighted by molar-refractivity contribution is 6.33. The smallest absolute Gasteiger partial charge is 0.341 e. The number of benzene rings is 2. The molecule has 152 valence electrons. The minimum absolute atomic E-state index is 0.0176. The van der Waals surface area contributed by atoms with Gasteiger partial charge in [0.2, 0.25) is 0 Å². The van der Waals surface area contributed by atoms with Gasteiger partial charge in [0.05, 0.1) is 12.1 Å². The van der Waals surface area contributed by atoms with E-state index in [1.54, 1.807) is 6.20 Å². The first kappa shape index (κ1) is 20.5. The topological polar surface area (TPSA) is 96.6 Å². The van der Waals surface area contributed by atoms with E-state index in [2.05, 4.69) is 10.3 Å². The molecule has 0 saturated heterocycles. The largest absolute Gasteiger partial charge is 0.507 e. The molecule has 0 bridgehead atoms. The van der Waals surface area contributed by atoms with Crippen molar-refractivity contribution in [2.75, 3.05) is 19.5 Å². The Morgan fingerprint density at radius 3 is 2.59 bits per heavy atom. The number of esters is 1. The van der Waals surface area contributed by atoms with Crippen molar-refractivity contribution in [2.45, 2.75) is 19.4 Å². The maximum absolute atomic E-state index is 12.1. The van der Waals surface area contributed by atoms with Crippen LogP contribution in [0, 0.1) is 0 Å². The van der Waals surface area contributed by atoms with Crippen molar-refractivity contribution in [3.63, 3.8) is 0 Å². The number of rotatable bonds is 7. The number of halogens is 1. The lowest BCUT2D eigenvalue weighted by Gasteiger charge is -2.14. The van der Waals surface area contributed by atoms with E-state index in [4.69, 9.17) is 16.3 Å². The average Bonchev–Trinajstić information content (AvgIpc) is 3.16. The van der Waals surface area contributed by atoms with Crippen LogP contribution in [0.3, 0.4) is 0 Å². The van der Waals surface area contributed by atoms with Crippen molar-refractivity contribution < 1.29 is 19.7 Å². The van der Waals surface area contributed by atoms with Gasteiger partial charge in [-0.3, -0.25) is 0 Å². The van der Waals surface area contributed by atoms with Gasteiger partial charge in [0.25, 0.3) is 0 Å². The number of phenols is 2. The van der Waals surface area contributed by atoms with E-state index in [0.717, 1.165) is 23.1 Å². The molecular formula is C21H22ClN3O4. The summed E-state index contributed by atoms with van der Waals surface area (Å²) in [7, 11) is 3.09. The van der Waals surface area contributed by atoms with Crippen LogP contribution in [0.1, 0.15) is 27.3 Å². The monoisotopic (exact) mass is 415 g/mol. The first-order chi connectivity index (χ1) is 13.9. The third-order valence-corrected chi connectivity index (χ3v) is 5.13. The second kappa shape index (κ2) is 8.87. The van der Waals surface area contributed by atoms with Crippen molar-refractivity contribution in [3.8, 4) is 11.5 Å². The molecule has 29 heavy (non-hydrogen) atoms. The van der Waals surface area contributed by atoms with Crippen molar-refractivity contribution in [2.24, 2.45) is 0 Å². The van der Waals surface area contributed by atoms with Crippen molar-refractivity contribution in [1.29, 1.82) is 0 Å². The number of carbonyl (C=O) groups excluding carboxylic acids is 1. The number of nitrogens with one attached hydrogen (secondary N) is 1. The Balaban J connectivity index is 1.83. The number of aromatic nitrogens is 2. The van der Waals surface area contributed by atoms with Gasteiger partial charge in [-0.25, -0.2) is 9.78 Å². The third kappa shape index (κ3) is 4.46. The minimum Gasteiger partial charge on any atom is -0.507 e. The number of ether oxygens (including phenoxy) is 1. The van der Waals surface area contributed by atoms with Crippen molar-refractivity contribution >= 4 is 23.3 Å². The molecule has 3 aromatic rings. The van der Waals surface area contributed by atoms with E-state index in [1.165, 1.54) is 7.11 Å². The number of aryl methyl sites for hydroxylation is 1. The van der Waals surface area contributed by atoms with Crippen LogP contribution in [0.2, 0.25) is 5.02 Å². The molecule has 1 aromatic heterocycles. The normalized spacial score (nSPS) is 10.7. The van der Waals surface area contributed by atoms with Crippen LogP contribution >= 0.6 is 11.6 Å². The molecule has 0 aliphatic heterocycles. The fraction of sp³-hybridized carbons (Fsp3) is 0.238. The highest BCUT2D eigenvalue weighted by atomic mass is 35.5. The Bertz CT molecular complexity index is 1020. The van der Waals surface area contributed by atoms with E-state index in [-0.39, 0.29) is 22.1 Å². The van der Waals surface area contributed by atoms with Crippen LogP contribution in [0.15, 0.2) is 42.7 Å². The zero-order chi connectivity index (χ0) is 21.0. The second-order valence-electron chi connectivity index (χ2n) is 6.49. The zero-order valence-corrected chi connectivity index (χ0v) is 16.9. The van der Waals surface area contributed by atoms with E-state index in [9.17, 15) is 15.0 Å². The van der Waals surface area contributed by atoms with Crippen molar-refractivity contribution in [1.82, 2.24) is 9.55 Å². The van der Waals surface area contributed by atoms with E-state index in [0.29, 0.717) is 24.9 Å². The van der Waals surface area contributed by atoms with Gasteiger partial charge in [-0.1, -0.05) is 23.7 Å². The Morgan fingerprint density at radius 2 is 1.93 bits per heavy atom. The van der Waals surface area contributed by atoms with Crippen molar-refractivity contribution in [3.05, 3.63) is 70.3 Å². The molecule has 0 saturated carbocycles. The summed E-state index contributed by atoms with van der Waals surface area (Å²) in [4.78, 5) is 16.5. The number of hydrogen-bond acceptors (Lipinski definition) is 6. The van der Waals surface area contributed by atoms with E-state index < -0.39 is 5.97 Å². The molecule has 0 radical (unpaired) electrons. The predicted molar refractivity (Wildman–Crippen MR) is 111 cm³/mol. The lowest BCUT2D eigenvalue weighted by atomic mass is 10.0. The first-order valence-corrected chi connectivity index (χ1v) is 9.40. The third-order valence-electron chi connectivity index (χ3n) is 4.71. The molecule has 0 unspecified atom stereocenters. The lowest BCUT2D eigenvalue weighted by molar-refractivity contribution is 0.0596. The molecule has 3 N–H and O–H groups in total. The second-order valence-corrected chi connectivity index (χ2v) is 6.87. The summed E-state index contributed by atoms with van der Waals surface area (Å²) in [6.07, 6.45) is 4.33. The molecule has 3 rings (SSSR count). The van der Waals surface area contributed by atoms with Gasteiger partial charge in [0.1, 0.15) is 22.9 Å². The number of nitrogens with zero attached hydrogens (tertiary/aromatic N) is 2. The molecule has 0 amide bonds. The molecular weight excluding hydrogens is 394 g/mol. The number of carbonyl (C=O) groups is 1. The summed E-state index contributed by atoms with van der Waals surface area (Å²) in [5.41, 5.74) is 2.43. The zero-order valence-electron chi connectivity index (χ0n) is 16.1. The molecule has 0 spiro atoms. The Morgan fingerprint density at radius 1 is 1.21 bits per heavy atom. The van der Waals surface area contributed by atoms with Gasteiger partial charge >= 0.3 is 5.97 Å². The van der Waals surface area contributed by atoms with Crippen LogP contribution in [0.4, 0.5) is 5.69 Å². The van der Waals surface area contributed by atoms with Gasteiger partial charge in [0, 0.05) is 44.2 Å². The van der Waals surface area contributed by atoms with E-state index in [1.807, 2.05) is 42.1 Å². The molecule has 7 nitrogen and oxygen atoms in total. The van der Waals surface area contributed by atoms with Crippen LogP contribution in [-0.4, -0.2) is 39.9 Å². The SMILES string of the molecule is CNc1ccc(Cn2ccnc2CCc2c(Cl)c(O)cc(O)c2C(=O)OC)cc1. The van der Waals surface area contributed by atoms with Gasteiger partial charge < -0.3 is 24.8 Å². The van der Waals surface area contributed by atoms with Crippen LogP contribution < -0.4 is 5.32 Å². The molecule has 0 aliphatic carbocycles. The number of imidazole rings is 1. The summed E-state index contributed by atoms with van der Waals surface area (Å²) in [6.45, 7) is 0.641. The summed E-state index contributed by atoms with van der Waals surface area (Å²) in [5, 5.41) is 23.1. The fourth-order valence-corrected chi connectivity index (χ4v) is 3.41. The molecule has 0 aliphatic rings. The molecule has 1 heterocycles. The quantitative estimate of drug-likeness (QED) is 0.510. The highest BCUT2D eigenvalue weighted by Crippen LogP contribution is 2.37. The van der Waals surface area contributed by atoms with Gasteiger partial charge in [-0.2, -0.15) is 0 Å². The maximum Gasteiger partial charge on any atom is 0.341 e. The number of hydrogen-bond donors (Lipinski definition) is 3. The van der Waals surface area contributed by atoms with Crippen LogP contribution in [0.5, 0.6) is 11.5 Å². The average molecular weight is 416 g/mol.